The molecular formula is C27H18O7. The molecule has 0 radical (unpaired) electrons. The second kappa shape index (κ2) is 8.37. The minimum Gasteiger partial charge on any atom is -0.493 e. The van der Waals surface area contributed by atoms with Crippen molar-refractivity contribution >= 4 is 27.9 Å². The number of rotatable bonds is 4. The fourth-order valence-electron chi connectivity index (χ4n) is 3.83. The van der Waals surface area contributed by atoms with Crippen molar-refractivity contribution in [1.82, 2.24) is 0 Å². The van der Waals surface area contributed by atoms with Gasteiger partial charge in [-0.2, -0.15) is 0 Å². The minimum atomic E-state index is -0.658. The van der Waals surface area contributed by atoms with Crippen LogP contribution in [0.15, 0.2) is 91.2 Å². The van der Waals surface area contributed by atoms with Crippen molar-refractivity contribution in [1.29, 1.82) is 0 Å². The number of aryl methyl sites for hydroxylation is 1. The van der Waals surface area contributed by atoms with Crippen molar-refractivity contribution in [2.75, 3.05) is 7.11 Å². The van der Waals surface area contributed by atoms with Gasteiger partial charge in [-0.15, -0.1) is 0 Å². The smallest absolute Gasteiger partial charge is 0.344 e. The number of hydrogen-bond acceptors (Lipinski definition) is 7. The summed E-state index contributed by atoms with van der Waals surface area (Å²) in [5.74, 6) is 0.0962. The van der Waals surface area contributed by atoms with E-state index in [-0.39, 0.29) is 16.9 Å². The van der Waals surface area contributed by atoms with Crippen LogP contribution in [0.3, 0.4) is 0 Å². The number of hydrogen-bond donors (Lipinski definition) is 0. The molecule has 5 aromatic rings. The van der Waals surface area contributed by atoms with Crippen molar-refractivity contribution in [2.24, 2.45) is 0 Å². The fourth-order valence-corrected chi connectivity index (χ4v) is 3.83. The summed E-state index contributed by atoms with van der Waals surface area (Å²) in [6.07, 6.45) is 0. The molecule has 0 saturated heterocycles. The van der Waals surface area contributed by atoms with E-state index in [1.54, 1.807) is 54.6 Å². The highest BCUT2D eigenvalue weighted by Crippen LogP contribution is 2.32. The van der Waals surface area contributed by atoms with Gasteiger partial charge >= 0.3 is 17.2 Å². The fraction of sp³-hybridized carbons (Fsp3) is 0.0741. The molecule has 5 rings (SSSR count). The molecule has 2 aromatic heterocycles. The van der Waals surface area contributed by atoms with Crippen LogP contribution in [0.25, 0.3) is 33.1 Å². The number of carbonyl (C=O) groups excluding carboxylic acids is 1. The predicted molar refractivity (Wildman–Crippen MR) is 127 cm³/mol. The van der Waals surface area contributed by atoms with Crippen molar-refractivity contribution in [2.45, 2.75) is 6.92 Å². The molecule has 0 saturated carbocycles. The monoisotopic (exact) mass is 454 g/mol. The first-order chi connectivity index (χ1) is 16.4. The van der Waals surface area contributed by atoms with Crippen LogP contribution in [-0.4, -0.2) is 13.1 Å². The second-order valence-electron chi connectivity index (χ2n) is 7.72. The van der Waals surface area contributed by atoms with Crippen LogP contribution in [0.4, 0.5) is 0 Å². The first kappa shape index (κ1) is 21.2. The number of esters is 1. The van der Waals surface area contributed by atoms with Crippen LogP contribution in [0.5, 0.6) is 11.5 Å². The van der Waals surface area contributed by atoms with E-state index in [1.165, 1.54) is 19.2 Å². The lowest BCUT2D eigenvalue weighted by atomic mass is 10.0. The van der Waals surface area contributed by atoms with E-state index in [9.17, 15) is 14.4 Å². The SMILES string of the molecule is COc1cccc2cc(-c3cc(=O)oc4cc(OC(=O)c5cccc(C)c5)ccc34)c(=O)oc12. The van der Waals surface area contributed by atoms with Gasteiger partial charge < -0.3 is 18.3 Å². The molecule has 0 aliphatic carbocycles. The van der Waals surface area contributed by atoms with E-state index >= 15 is 0 Å². The number of methoxy groups -OCH3 is 1. The number of para-hydroxylation sites is 1. The lowest BCUT2D eigenvalue weighted by molar-refractivity contribution is 0.0735. The van der Waals surface area contributed by atoms with Gasteiger partial charge in [0.1, 0.15) is 11.3 Å². The first-order valence-electron chi connectivity index (χ1n) is 10.4. The molecule has 0 bridgehead atoms. The largest absolute Gasteiger partial charge is 0.493 e. The number of fused-ring (bicyclic) bond motifs is 2. The zero-order valence-corrected chi connectivity index (χ0v) is 18.3. The molecular weight excluding hydrogens is 436 g/mol. The highest BCUT2D eigenvalue weighted by Gasteiger charge is 2.17. The lowest BCUT2D eigenvalue weighted by Gasteiger charge is -2.09. The molecule has 2 heterocycles. The Hall–Kier alpha value is -4.65. The molecule has 0 N–H and O–H groups in total. The Morgan fingerprint density at radius 2 is 1.68 bits per heavy atom. The molecule has 0 unspecified atom stereocenters. The molecule has 7 nitrogen and oxygen atoms in total. The molecule has 0 atom stereocenters. The average molecular weight is 454 g/mol. The third-order valence-electron chi connectivity index (χ3n) is 5.41. The topological polar surface area (TPSA) is 96.0 Å². The molecule has 0 spiro atoms. The third-order valence-corrected chi connectivity index (χ3v) is 5.41. The van der Waals surface area contributed by atoms with Crippen molar-refractivity contribution < 1.29 is 23.1 Å². The molecule has 0 fully saturated rings. The Labute approximate surface area is 192 Å². The molecule has 0 aliphatic heterocycles. The summed E-state index contributed by atoms with van der Waals surface area (Å²) in [4.78, 5) is 37.6. The summed E-state index contributed by atoms with van der Waals surface area (Å²) >= 11 is 0. The van der Waals surface area contributed by atoms with Crippen LogP contribution < -0.4 is 20.7 Å². The van der Waals surface area contributed by atoms with E-state index in [1.807, 2.05) is 13.0 Å². The number of ether oxygens (including phenoxy) is 2. The van der Waals surface area contributed by atoms with Crippen LogP contribution in [0.2, 0.25) is 0 Å². The van der Waals surface area contributed by atoms with Gasteiger partial charge in [0.25, 0.3) is 0 Å². The van der Waals surface area contributed by atoms with Crippen molar-refractivity contribution in [3.05, 3.63) is 105 Å². The quantitative estimate of drug-likeness (QED) is 0.212. The van der Waals surface area contributed by atoms with E-state index in [4.69, 9.17) is 18.3 Å². The van der Waals surface area contributed by atoms with Gasteiger partial charge in [-0.1, -0.05) is 29.8 Å². The standard InChI is InChI=1S/C27H18O7/c1-15-5-3-7-17(11-15)26(29)32-18-9-10-19-20(14-24(28)33-23(19)13-18)21-12-16-6-4-8-22(31-2)25(16)34-27(21)30/h3-14H,1-2H3. The minimum absolute atomic E-state index is 0.169. The van der Waals surface area contributed by atoms with Crippen molar-refractivity contribution in [3.63, 3.8) is 0 Å². The number of benzene rings is 3. The first-order valence-corrected chi connectivity index (χ1v) is 10.4. The summed E-state index contributed by atoms with van der Waals surface area (Å²) < 4.78 is 21.6. The van der Waals surface area contributed by atoms with Crippen LogP contribution >= 0.6 is 0 Å². The third kappa shape index (κ3) is 3.84. The highest BCUT2D eigenvalue weighted by atomic mass is 16.5. The zero-order valence-electron chi connectivity index (χ0n) is 18.3. The molecule has 34 heavy (non-hydrogen) atoms. The maximum absolute atomic E-state index is 12.8. The summed E-state index contributed by atoms with van der Waals surface area (Å²) in [5.41, 5.74) is 1.08. The van der Waals surface area contributed by atoms with Crippen molar-refractivity contribution in [3.8, 4) is 22.6 Å². The van der Waals surface area contributed by atoms with E-state index in [0.29, 0.717) is 33.2 Å². The molecule has 7 heteroatoms. The summed E-state index contributed by atoms with van der Waals surface area (Å²) in [7, 11) is 1.49. The normalized spacial score (nSPS) is 11.0. The van der Waals surface area contributed by atoms with E-state index in [0.717, 1.165) is 5.56 Å². The Bertz CT molecular complexity index is 1690. The van der Waals surface area contributed by atoms with Crippen LogP contribution in [-0.2, 0) is 0 Å². The maximum atomic E-state index is 12.8. The van der Waals surface area contributed by atoms with Crippen LogP contribution in [0.1, 0.15) is 15.9 Å². The van der Waals surface area contributed by atoms with E-state index < -0.39 is 17.2 Å². The number of carbonyl (C=O) groups is 1. The second-order valence-corrected chi connectivity index (χ2v) is 7.72. The summed E-state index contributed by atoms with van der Waals surface area (Å²) in [6, 6.07) is 19.8. The van der Waals surface area contributed by atoms with Gasteiger partial charge in [0.05, 0.1) is 18.2 Å². The molecule has 168 valence electrons. The lowest BCUT2D eigenvalue weighted by Crippen LogP contribution is -2.09. The van der Waals surface area contributed by atoms with Gasteiger partial charge in [-0.25, -0.2) is 14.4 Å². The summed E-state index contributed by atoms with van der Waals surface area (Å²) in [5, 5.41) is 1.13. The van der Waals surface area contributed by atoms with Gasteiger partial charge in [-0.05, 0) is 43.3 Å². The van der Waals surface area contributed by atoms with E-state index in [2.05, 4.69) is 0 Å². The van der Waals surface area contributed by atoms with Gasteiger partial charge in [0, 0.05) is 28.5 Å². The zero-order chi connectivity index (χ0) is 23.8. The van der Waals surface area contributed by atoms with Crippen LogP contribution in [0, 0.1) is 6.92 Å². The Kier molecular flexibility index (Phi) is 5.22. The van der Waals surface area contributed by atoms with Gasteiger partial charge in [0.15, 0.2) is 11.3 Å². The predicted octanol–water partition coefficient (Wildman–Crippen LogP) is 5.10. The average Bonchev–Trinajstić information content (AvgIpc) is 2.82. The Morgan fingerprint density at radius 3 is 2.47 bits per heavy atom. The highest BCUT2D eigenvalue weighted by molar-refractivity contribution is 5.97. The van der Waals surface area contributed by atoms with Gasteiger partial charge in [0.2, 0.25) is 0 Å². The summed E-state index contributed by atoms with van der Waals surface area (Å²) in [6.45, 7) is 1.88. The molecule has 0 amide bonds. The van der Waals surface area contributed by atoms with Gasteiger partial charge in [-0.3, -0.25) is 0 Å². The Balaban J connectivity index is 1.60. The maximum Gasteiger partial charge on any atom is 0.344 e. The molecule has 0 aliphatic rings. The Morgan fingerprint density at radius 1 is 0.853 bits per heavy atom. The molecule has 3 aromatic carbocycles.